The molecule has 6 nitrogen and oxygen atoms in total. The van der Waals surface area contributed by atoms with Crippen LogP contribution in [0, 0.1) is 17.0 Å². The summed E-state index contributed by atoms with van der Waals surface area (Å²) in [6, 6.07) is 6.56. The molecule has 0 bridgehead atoms. The highest BCUT2D eigenvalue weighted by Crippen LogP contribution is 2.23. The summed E-state index contributed by atoms with van der Waals surface area (Å²) < 4.78 is 6.71. The molecular formula is C13H17N3O3S. The van der Waals surface area contributed by atoms with Crippen LogP contribution in [0.25, 0.3) is 0 Å². The number of aryl methyl sites for hydroxylation is 1. The molecule has 0 atom stereocenters. The Kier molecular flexibility index (Phi) is 6.05. The Morgan fingerprint density at radius 2 is 2.10 bits per heavy atom. The molecule has 2 rings (SSSR count). The van der Waals surface area contributed by atoms with Crippen LogP contribution in [0.3, 0.4) is 0 Å². The Morgan fingerprint density at radius 3 is 2.65 bits per heavy atom. The molecule has 7 heteroatoms. The number of nitro groups is 1. The van der Waals surface area contributed by atoms with E-state index in [1.165, 1.54) is 10.2 Å². The van der Waals surface area contributed by atoms with Crippen molar-refractivity contribution in [3.8, 4) is 5.88 Å². The molecule has 0 saturated carbocycles. The van der Waals surface area contributed by atoms with Crippen molar-refractivity contribution in [2.24, 2.45) is 0 Å². The molecule has 2 aromatic rings. The van der Waals surface area contributed by atoms with E-state index in [1.807, 2.05) is 26.8 Å². The Labute approximate surface area is 123 Å². The minimum atomic E-state index is -0.414. The van der Waals surface area contributed by atoms with Gasteiger partial charge in [-0.1, -0.05) is 26.0 Å². The van der Waals surface area contributed by atoms with E-state index in [9.17, 15) is 10.1 Å². The van der Waals surface area contributed by atoms with Crippen molar-refractivity contribution >= 4 is 18.5 Å². The molecule has 0 saturated heterocycles. The molecule has 0 aliphatic rings. The highest BCUT2D eigenvalue weighted by Gasteiger charge is 2.16. The first-order chi connectivity index (χ1) is 9.58. The van der Waals surface area contributed by atoms with Crippen molar-refractivity contribution in [3.63, 3.8) is 0 Å². The van der Waals surface area contributed by atoms with Crippen LogP contribution in [0.15, 0.2) is 30.5 Å². The zero-order valence-corrected chi connectivity index (χ0v) is 12.5. The Hall–Kier alpha value is -2.02. The summed E-state index contributed by atoms with van der Waals surface area (Å²) in [6.45, 7) is 5.91. The van der Waals surface area contributed by atoms with Crippen LogP contribution >= 0.6 is 12.8 Å². The van der Waals surface area contributed by atoms with Gasteiger partial charge in [0, 0.05) is 18.3 Å². The molecule has 1 aromatic heterocycles. The lowest BCUT2D eigenvalue weighted by Crippen LogP contribution is -2.03. The third-order valence-corrected chi connectivity index (χ3v) is 2.72. The van der Waals surface area contributed by atoms with Crippen molar-refractivity contribution < 1.29 is 9.66 Å². The van der Waals surface area contributed by atoms with E-state index in [4.69, 9.17) is 4.74 Å². The molecule has 1 heterocycles. The average Bonchev–Trinajstić information content (AvgIpc) is 2.85. The van der Waals surface area contributed by atoms with Crippen LogP contribution in [0.1, 0.15) is 25.0 Å². The summed E-state index contributed by atoms with van der Waals surface area (Å²) >= 11 is 3.98. The van der Waals surface area contributed by atoms with E-state index in [-0.39, 0.29) is 12.3 Å². The van der Waals surface area contributed by atoms with Crippen molar-refractivity contribution in [1.29, 1.82) is 0 Å². The van der Waals surface area contributed by atoms with Crippen LogP contribution < -0.4 is 4.74 Å². The number of hydrogen-bond donors (Lipinski definition) is 1. The highest BCUT2D eigenvalue weighted by atomic mass is 32.1. The Morgan fingerprint density at radius 1 is 1.40 bits per heavy atom. The van der Waals surface area contributed by atoms with E-state index in [0.717, 1.165) is 5.56 Å². The SMILES string of the molecule is CC.Cc1cccc([N+](=O)[O-])c1COc1ccn(S)n1. The zero-order chi connectivity index (χ0) is 15.1. The highest BCUT2D eigenvalue weighted by molar-refractivity contribution is 7.78. The van der Waals surface area contributed by atoms with Crippen LogP contribution in [0.4, 0.5) is 5.69 Å². The molecule has 1 aromatic carbocycles. The van der Waals surface area contributed by atoms with E-state index >= 15 is 0 Å². The van der Waals surface area contributed by atoms with Gasteiger partial charge in [0.1, 0.15) is 6.61 Å². The van der Waals surface area contributed by atoms with Gasteiger partial charge in [-0.2, -0.15) is 0 Å². The van der Waals surface area contributed by atoms with Gasteiger partial charge in [0.2, 0.25) is 5.88 Å². The fourth-order valence-corrected chi connectivity index (χ4v) is 1.72. The number of thiol groups is 1. The molecule has 0 fully saturated rings. The number of hydrogen-bond acceptors (Lipinski definition) is 5. The second kappa shape index (κ2) is 7.54. The van der Waals surface area contributed by atoms with Gasteiger partial charge in [-0.3, -0.25) is 10.1 Å². The second-order valence-corrected chi connectivity index (χ2v) is 4.10. The fourth-order valence-electron chi connectivity index (χ4n) is 1.57. The third kappa shape index (κ3) is 3.99. The van der Waals surface area contributed by atoms with E-state index in [0.29, 0.717) is 11.4 Å². The summed E-state index contributed by atoms with van der Waals surface area (Å²) in [5.41, 5.74) is 1.42. The van der Waals surface area contributed by atoms with Crippen LogP contribution in [-0.2, 0) is 6.61 Å². The largest absolute Gasteiger partial charge is 0.471 e. The van der Waals surface area contributed by atoms with Gasteiger partial charge in [-0.05, 0) is 25.3 Å². The second-order valence-electron chi connectivity index (χ2n) is 3.69. The minimum absolute atomic E-state index is 0.0558. The maximum Gasteiger partial charge on any atom is 0.276 e. The van der Waals surface area contributed by atoms with Gasteiger partial charge in [0.25, 0.3) is 5.69 Å². The van der Waals surface area contributed by atoms with Crippen molar-refractivity contribution in [3.05, 3.63) is 51.7 Å². The lowest BCUT2D eigenvalue weighted by molar-refractivity contribution is -0.385. The van der Waals surface area contributed by atoms with Gasteiger partial charge < -0.3 is 4.74 Å². The first kappa shape index (κ1) is 16.0. The smallest absolute Gasteiger partial charge is 0.276 e. The van der Waals surface area contributed by atoms with Gasteiger partial charge in [-0.25, -0.2) is 4.09 Å². The number of rotatable bonds is 4. The first-order valence-corrected chi connectivity index (χ1v) is 6.58. The minimum Gasteiger partial charge on any atom is -0.471 e. The molecule has 0 N–H and O–H groups in total. The predicted molar refractivity (Wildman–Crippen MR) is 80.1 cm³/mol. The summed E-state index contributed by atoms with van der Waals surface area (Å²) in [5, 5.41) is 14.8. The maximum absolute atomic E-state index is 10.9. The standard InChI is InChI=1S/C11H11N3O3S.C2H6/c1-8-3-2-4-10(14(15)16)9(8)7-17-11-5-6-13(18)12-11;1-2/h2-6,18H,7H2,1H3;1-2H3. The van der Waals surface area contributed by atoms with Gasteiger partial charge in [0.05, 0.1) is 10.5 Å². The van der Waals surface area contributed by atoms with E-state index in [1.54, 1.807) is 18.3 Å². The van der Waals surface area contributed by atoms with Crippen LogP contribution in [-0.4, -0.2) is 14.1 Å². The number of nitro benzene ring substituents is 1. The van der Waals surface area contributed by atoms with Crippen molar-refractivity contribution in [1.82, 2.24) is 9.19 Å². The topological polar surface area (TPSA) is 70.2 Å². The van der Waals surface area contributed by atoms with E-state index in [2.05, 4.69) is 17.9 Å². The quantitative estimate of drug-likeness (QED) is 0.533. The van der Waals surface area contributed by atoms with Gasteiger partial charge >= 0.3 is 0 Å². The number of ether oxygens (including phenoxy) is 1. The van der Waals surface area contributed by atoms with E-state index < -0.39 is 4.92 Å². The number of benzene rings is 1. The third-order valence-electron chi connectivity index (χ3n) is 2.50. The number of nitrogens with zero attached hydrogens (tertiary/aromatic N) is 3. The maximum atomic E-state index is 10.9. The normalized spacial score (nSPS) is 9.60. The first-order valence-electron chi connectivity index (χ1n) is 6.18. The van der Waals surface area contributed by atoms with Crippen molar-refractivity contribution in [2.75, 3.05) is 0 Å². The summed E-state index contributed by atoms with van der Waals surface area (Å²) in [7, 11) is 0. The van der Waals surface area contributed by atoms with Crippen LogP contribution in [0.2, 0.25) is 0 Å². The predicted octanol–water partition coefficient (Wildman–Crippen LogP) is 3.40. The lowest BCUT2D eigenvalue weighted by atomic mass is 10.1. The molecule has 0 spiro atoms. The van der Waals surface area contributed by atoms with Gasteiger partial charge in [-0.15, -0.1) is 5.10 Å². The molecular weight excluding hydrogens is 278 g/mol. The molecule has 0 unspecified atom stereocenters. The molecule has 0 aliphatic heterocycles. The molecule has 0 aliphatic carbocycles. The average molecular weight is 295 g/mol. The van der Waals surface area contributed by atoms with Crippen molar-refractivity contribution in [2.45, 2.75) is 27.4 Å². The van der Waals surface area contributed by atoms with Gasteiger partial charge in [0.15, 0.2) is 0 Å². The summed E-state index contributed by atoms with van der Waals surface area (Å²) in [4.78, 5) is 10.5. The fraction of sp³-hybridized carbons (Fsp3) is 0.308. The summed E-state index contributed by atoms with van der Waals surface area (Å²) in [6.07, 6.45) is 1.62. The van der Waals surface area contributed by atoms with Crippen LogP contribution in [0.5, 0.6) is 5.88 Å². The monoisotopic (exact) mass is 295 g/mol. The number of aromatic nitrogens is 2. The molecule has 108 valence electrons. The molecule has 20 heavy (non-hydrogen) atoms. The Balaban J connectivity index is 0.000000956. The molecule has 0 amide bonds. The zero-order valence-electron chi connectivity index (χ0n) is 11.6. The molecule has 0 radical (unpaired) electrons. The lowest BCUT2D eigenvalue weighted by Gasteiger charge is -2.07. The summed E-state index contributed by atoms with van der Waals surface area (Å²) in [5.74, 6) is 0.377. The Bertz CT molecular complexity index is 584.